The fourth-order valence-corrected chi connectivity index (χ4v) is 2.26. The first kappa shape index (κ1) is 16.5. The molecule has 0 aliphatic heterocycles. The Morgan fingerprint density at radius 1 is 0.739 bits per heavy atom. The lowest BCUT2D eigenvalue weighted by atomic mass is 9.97. The van der Waals surface area contributed by atoms with Crippen LogP contribution in [0.5, 0.6) is 0 Å². The van der Waals surface area contributed by atoms with Gasteiger partial charge in [0, 0.05) is 0 Å². The van der Waals surface area contributed by atoms with E-state index in [1.54, 1.807) is 30.3 Å². The number of rotatable bonds is 2. The minimum Gasteiger partial charge on any atom is -0.478 e. The average Bonchev–Trinajstić information content (AvgIpc) is 2.59. The Hall–Kier alpha value is -2.87. The molecule has 116 valence electrons. The molecule has 0 spiro atoms. The van der Waals surface area contributed by atoms with Crippen LogP contribution in [0, 0.1) is 13.8 Å². The second-order valence-corrected chi connectivity index (χ2v) is 5.28. The fourth-order valence-electron chi connectivity index (χ4n) is 2.26. The maximum Gasteiger partial charge on any atom is 0.335 e. The van der Waals surface area contributed by atoms with E-state index in [9.17, 15) is 4.79 Å². The number of carboxylic acid groups (broad SMARTS) is 1. The molecule has 0 fully saturated rings. The highest BCUT2D eigenvalue weighted by Crippen LogP contribution is 2.24. The van der Waals surface area contributed by atoms with Crippen molar-refractivity contribution in [1.29, 1.82) is 0 Å². The molecule has 0 radical (unpaired) electrons. The van der Waals surface area contributed by atoms with Crippen molar-refractivity contribution in [3.63, 3.8) is 0 Å². The summed E-state index contributed by atoms with van der Waals surface area (Å²) in [6, 6.07) is 25.3. The van der Waals surface area contributed by atoms with Crippen molar-refractivity contribution in [2.24, 2.45) is 0 Å². The Bertz CT molecular complexity index is 762. The van der Waals surface area contributed by atoms with Crippen LogP contribution in [0.2, 0.25) is 0 Å². The Balaban J connectivity index is 0.000000185. The van der Waals surface area contributed by atoms with E-state index in [4.69, 9.17) is 5.11 Å². The van der Waals surface area contributed by atoms with Crippen LogP contribution in [0.3, 0.4) is 0 Å². The van der Waals surface area contributed by atoms with E-state index in [0.717, 1.165) is 0 Å². The number of carboxylic acids is 1. The topological polar surface area (TPSA) is 37.3 Å². The van der Waals surface area contributed by atoms with Crippen molar-refractivity contribution in [2.45, 2.75) is 13.8 Å². The lowest BCUT2D eigenvalue weighted by molar-refractivity contribution is 0.0697. The summed E-state index contributed by atoms with van der Waals surface area (Å²) in [6.07, 6.45) is 0. The molecule has 0 aliphatic carbocycles. The standard InChI is InChI=1S/C14H14.C7H6O2/c1-11-7-6-10-14(12(11)2)13-8-4-3-5-9-13;8-7(9)6-4-2-1-3-5-6/h3-10H,1-2H3;1-5H,(H,8,9). The average molecular weight is 304 g/mol. The molecule has 0 heterocycles. The van der Waals surface area contributed by atoms with E-state index in [1.165, 1.54) is 22.3 Å². The van der Waals surface area contributed by atoms with Crippen molar-refractivity contribution < 1.29 is 9.90 Å². The van der Waals surface area contributed by atoms with Crippen molar-refractivity contribution in [3.05, 3.63) is 95.6 Å². The minimum atomic E-state index is -0.879. The molecule has 23 heavy (non-hydrogen) atoms. The molecule has 2 heteroatoms. The van der Waals surface area contributed by atoms with Crippen LogP contribution in [0.25, 0.3) is 11.1 Å². The zero-order valence-electron chi connectivity index (χ0n) is 13.4. The molecule has 0 amide bonds. The van der Waals surface area contributed by atoms with E-state index >= 15 is 0 Å². The molecule has 0 bridgehead atoms. The quantitative estimate of drug-likeness (QED) is 0.692. The molecular formula is C21H20O2. The lowest BCUT2D eigenvalue weighted by Gasteiger charge is -2.07. The molecule has 0 saturated carbocycles. The number of aromatic carboxylic acids is 1. The van der Waals surface area contributed by atoms with Crippen LogP contribution >= 0.6 is 0 Å². The zero-order valence-corrected chi connectivity index (χ0v) is 13.4. The van der Waals surface area contributed by atoms with E-state index in [0.29, 0.717) is 5.56 Å². The van der Waals surface area contributed by atoms with E-state index < -0.39 is 5.97 Å². The van der Waals surface area contributed by atoms with Gasteiger partial charge in [0.05, 0.1) is 5.56 Å². The van der Waals surface area contributed by atoms with Gasteiger partial charge in [-0.3, -0.25) is 0 Å². The van der Waals surface area contributed by atoms with E-state index in [1.807, 2.05) is 0 Å². The second kappa shape index (κ2) is 7.95. The van der Waals surface area contributed by atoms with Crippen LogP contribution in [-0.4, -0.2) is 11.1 Å². The molecule has 0 unspecified atom stereocenters. The maximum absolute atomic E-state index is 10.2. The summed E-state index contributed by atoms with van der Waals surface area (Å²) in [7, 11) is 0. The Morgan fingerprint density at radius 3 is 1.83 bits per heavy atom. The molecule has 2 nitrogen and oxygen atoms in total. The van der Waals surface area contributed by atoms with Gasteiger partial charge in [0.15, 0.2) is 0 Å². The maximum atomic E-state index is 10.2. The van der Waals surface area contributed by atoms with E-state index in [2.05, 4.69) is 62.4 Å². The Morgan fingerprint density at radius 2 is 1.30 bits per heavy atom. The summed E-state index contributed by atoms with van der Waals surface area (Å²) in [5, 5.41) is 8.38. The molecule has 0 aliphatic rings. The second-order valence-electron chi connectivity index (χ2n) is 5.28. The normalized spacial score (nSPS) is 9.65. The first-order chi connectivity index (χ1) is 11.1. The third-order valence-corrected chi connectivity index (χ3v) is 3.71. The Kier molecular flexibility index (Phi) is 5.70. The molecule has 3 aromatic carbocycles. The van der Waals surface area contributed by atoms with Gasteiger partial charge in [0.25, 0.3) is 0 Å². The highest BCUT2D eigenvalue weighted by molar-refractivity contribution is 5.87. The predicted octanol–water partition coefficient (Wildman–Crippen LogP) is 5.36. The van der Waals surface area contributed by atoms with Gasteiger partial charge in [-0.1, -0.05) is 66.7 Å². The summed E-state index contributed by atoms with van der Waals surface area (Å²) < 4.78 is 0. The monoisotopic (exact) mass is 304 g/mol. The third kappa shape index (κ3) is 4.55. The molecule has 3 aromatic rings. The number of carbonyl (C=O) groups is 1. The van der Waals surface area contributed by atoms with Gasteiger partial charge in [-0.2, -0.15) is 0 Å². The fraction of sp³-hybridized carbons (Fsp3) is 0.0952. The summed E-state index contributed by atoms with van der Waals surface area (Å²) in [5.41, 5.74) is 5.70. The van der Waals surface area contributed by atoms with Crippen molar-refractivity contribution >= 4 is 5.97 Å². The number of benzene rings is 3. The van der Waals surface area contributed by atoms with Gasteiger partial charge in [-0.05, 0) is 48.2 Å². The van der Waals surface area contributed by atoms with Crippen LogP contribution in [0.4, 0.5) is 0 Å². The van der Waals surface area contributed by atoms with Gasteiger partial charge >= 0.3 is 5.97 Å². The van der Waals surface area contributed by atoms with E-state index in [-0.39, 0.29) is 0 Å². The smallest absolute Gasteiger partial charge is 0.335 e. The first-order valence-electron chi connectivity index (χ1n) is 7.49. The largest absolute Gasteiger partial charge is 0.478 e. The summed E-state index contributed by atoms with van der Waals surface area (Å²) in [5.74, 6) is -0.879. The van der Waals surface area contributed by atoms with Gasteiger partial charge in [-0.25, -0.2) is 4.79 Å². The number of aryl methyl sites for hydroxylation is 1. The lowest BCUT2D eigenvalue weighted by Crippen LogP contribution is -1.93. The van der Waals surface area contributed by atoms with Crippen LogP contribution in [-0.2, 0) is 0 Å². The minimum absolute atomic E-state index is 0.331. The van der Waals surface area contributed by atoms with Gasteiger partial charge in [0.2, 0.25) is 0 Å². The van der Waals surface area contributed by atoms with Gasteiger partial charge in [-0.15, -0.1) is 0 Å². The molecule has 0 aromatic heterocycles. The molecular weight excluding hydrogens is 284 g/mol. The van der Waals surface area contributed by atoms with Crippen molar-refractivity contribution in [2.75, 3.05) is 0 Å². The molecule has 3 rings (SSSR count). The van der Waals surface area contributed by atoms with Gasteiger partial charge in [0.1, 0.15) is 0 Å². The van der Waals surface area contributed by atoms with Crippen LogP contribution in [0.1, 0.15) is 21.5 Å². The highest BCUT2D eigenvalue weighted by Gasteiger charge is 2.01. The first-order valence-corrected chi connectivity index (χ1v) is 7.49. The SMILES string of the molecule is Cc1cccc(-c2ccccc2)c1C.O=C(O)c1ccccc1. The van der Waals surface area contributed by atoms with Crippen LogP contribution < -0.4 is 0 Å². The summed E-state index contributed by atoms with van der Waals surface area (Å²) in [4.78, 5) is 10.2. The zero-order chi connectivity index (χ0) is 16.7. The predicted molar refractivity (Wildman–Crippen MR) is 94.8 cm³/mol. The van der Waals surface area contributed by atoms with Gasteiger partial charge < -0.3 is 5.11 Å². The third-order valence-electron chi connectivity index (χ3n) is 3.71. The van der Waals surface area contributed by atoms with Crippen molar-refractivity contribution in [1.82, 2.24) is 0 Å². The molecule has 0 atom stereocenters. The van der Waals surface area contributed by atoms with Crippen molar-refractivity contribution in [3.8, 4) is 11.1 Å². The van der Waals surface area contributed by atoms with Crippen LogP contribution in [0.15, 0.2) is 78.9 Å². The summed E-state index contributed by atoms with van der Waals surface area (Å²) >= 11 is 0. The number of hydrogen-bond donors (Lipinski definition) is 1. The Labute approximate surface area is 137 Å². The summed E-state index contributed by atoms with van der Waals surface area (Å²) in [6.45, 7) is 4.33. The highest BCUT2D eigenvalue weighted by atomic mass is 16.4. The molecule has 1 N–H and O–H groups in total. The molecule has 0 saturated heterocycles. The number of hydrogen-bond acceptors (Lipinski definition) is 1.